The summed E-state index contributed by atoms with van der Waals surface area (Å²) in [5, 5.41) is 109. The van der Waals surface area contributed by atoms with Gasteiger partial charge in [-0.25, -0.2) is 0 Å². The molecule has 14 atom stereocenters. The van der Waals surface area contributed by atoms with Crippen LogP contribution in [0.25, 0.3) is 0 Å². The molecule has 17 nitrogen and oxygen atoms in total. The standard InChI is InChI=1S/C18H32O16.CH4.H2O/c19-1-5-8(23)11(26)13(28)16(30-5)32-15-10(25)7(3-21)33-18(15,4-22)34-17-14(29)12(27)9(24)6(2-20)31-17;;/h5-17,19-29H,1-4H2;1H4;1H2/t5-,6-,7-,8-,9-,10-,11+,12+,13-,14-,15+,16-,17-,18+;;/m1../s1. The molecule has 0 bridgehead atoms. The summed E-state index contributed by atoms with van der Waals surface area (Å²) in [6.07, 6.45) is -22.3. The molecular formula is C19H38O17. The SMILES string of the molecule is C.O.OC[C@H]1O[C@@](CO)(O[C@H]2O[C@H](CO)[C@@H](O)[C@H](O)[C@H]2O)[C@@H](O[C@H]2O[C@H](CO)[C@@H](O)[C@H](O)[C@H]2O)[C@@H]1O. The Morgan fingerprint density at radius 3 is 1.47 bits per heavy atom. The Labute approximate surface area is 205 Å². The molecule has 0 spiro atoms. The van der Waals surface area contributed by atoms with E-state index in [-0.39, 0.29) is 12.9 Å². The highest BCUT2D eigenvalue weighted by molar-refractivity contribution is 5.01. The molecule has 17 heteroatoms. The summed E-state index contributed by atoms with van der Waals surface area (Å²) in [5.74, 6) is -2.43. The van der Waals surface area contributed by atoms with Crippen LogP contribution in [-0.4, -0.2) is 174 Å². The highest BCUT2D eigenvalue weighted by atomic mass is 16.8. The Kier molecular flexibility index (Phi) is 12.4. The maximum Gasteiger partial charge on any atom is 0.224 e. The Bertz CT molecular complexity index is 653. The molecule has 3 fully saturated rings. The van der Waals surface area contributed by atoms with Gasteiger partial charge in [-0.15, -0.1) is 0 Å². The lowest BCUT2D eigenvalue weighted by atomic mass is 9.98. The van der Waals surface area contributed by atoms with Crippen LogP contribution in [0.15, 0.2) is 0 Å². The third-order valence-electron chi connectivity index (χ3n) is 6.17. The molecule has 0 aromatic heterocycles. The number of aliphatic hydroxyl groups excluding tert-OH is 11. The van der Waals surface area contributed by atoms with Crippen molar-refractivity contribution in [3.05, 3.63) is 0 Å². The van der Waals surface area contributed by atoms with Gasteiger partial charge in [0.1, 0.15) is 73.8 Å². The largest absolute Gasteiger partial charge is 0.412 e. The average molecular weight is 538 g/mol. The zero-order chi connectivity index (χ0) is 25.4. The van der Waals surface area contributed by atoms with E-state index in [0.717, 1.165) is 0 Å². The van der Waals surface area contributed by atoms with E-state index in [1.807, 2.05) is 0 Å². The number of hydrogen-bond donors (Lipinski definition) is 11. The minimum Gasteiger partial charge on any atom is -0.412 e. The Balaban J connectivity index is 0.00000324. The lowest BCUT2D eigenvalue weighted by Gasteiger charge is -2.45. The lowest BCUT2D eigenvalue weighted by molar-refractivity contribution is -0.400. The molecule has 13 N–H and O–H groups in total. The van der Waals surface area contributed by atoms with Crippen molar-refractivity contribution in [2.24, 2.45) is 0 Å². The van der Waals surface area contributed by atoms with Crippen LogP contribution < -0.4 is 0 Å². The first-order valence-electron chi connectivity index (χ1n) is 10.6. The van der Waals surface area contributed by atoms with Gasteiger partial charge < -0.3 is 85.3 Å². The van der Waals surface area contributed by atoms with Crippen molar-refractivity contribution in [3.8, 4) is 0 Å². The van der Waals surface area contributed by atoms with Crippen LogP contribution in [0.2, 0.25) is 0 Å². The molecule has 0 saturated carbocycles. The van der Waals surface area contributed by atoms with E-state index in [1.165, 1.54) is 0 Å². The van der Waals surface area contributed by atoms with Gasteiger partial charge in [-0.05, 0) is 0 Å². The Morgan fingerprint density at radius 1 is 0.583 bits per heavy atom. The summed E-state index contributed by atoms with van der Waals surface area (Å²) in [6, 6.07) is 0. The molecule has 216 valence electrons. The number of hydrogen-bond acceptors (Lipinski definition) is 16. The third kappa shape index (κ3) is 5.98. The van der Waals surface area contributed by atoms with Crippen LogP contribution in [0.5, 0.6) is 0 Å². The van der Waals surface area contributed by atoms with E-state index in [4.69, 9.17) is 23.7 Å². The van der Waals surface area contributed by atoms with Gasteiger partial charge in [0.25, 0.3) is 0 Å². The van der Waals surface area contributed by atoms with E-state index in [0.29, 0.717) is 0 Å². The first kappa shape index (κ1) is 33.3. The number of rotatable bonds is 8. The van der Waals surface area contributed by atoms with Crippen molar-refractivity contribution in [3.63, 3.8) is 0 Å². The van der Waals surface area contributed by atoms with Crippen LogP contribution in [0.3, 0.4) is 0 Å². The number of aliphatic hydroxyl groups is 11. The van der Waals surface area contributed by atoms with Crippen LogP contribution in [0.1, 0.15) is 7.43 Å². The molecule has 0 radical (unpaired) electrons. The second kappa shape index (κ2) is 13.4. The maximum atomic E-state index is 10.6. The normalized spacial score (nSPS) is 49.2. The van der Waals surface area contributed by atoms with Crippen LogP contribution in [0.4, 0.5) is 0 Å². The molecule has 3 heterocycles. The van der Waals surface area contributed by atoms with Gasteiger partial charge in [-0.2, -0.15) is 0 Å². The molecule has 3 aliphatic heterocycles. The topological polar surface area (TPSA) is 300 Å². The van der Waals surface area contributed by atoms with Crippen molar-refractivity contribution in [1.29, 1.82) is 0 Å². The monoisotopic (exact) mass is 538 g/mol. The summed E-state index contributed by atoms with van der Waals surface area (Å²) in [4.78, 5) is 0. The highest BCUT2D eigenvalue weighted by Gasteiger charge is 2.61. The van der Waals surface area contributed by atoms with Gasteiger partial charge in [-0.3, -0.25) is 0 Å². The van der Waals surface area contributed by atoms with Gasteiger partial charge in [0.05, 0.1) is 19.8 Å². The molecule has 0 aromatic carbocycles. The first-order valence-corrected chi connectivity index (χ1v) is 10.6. The fourth-order valence-electron chi connectivity index (χ4n) is 4.12. The molecule has 3 aliphatic rings. The fourth-order valence-corrected chi connectivity index (χ4v) is 4.12. The van der Waals surface area contributed by atoms with Crippen molar-refractivity contribution >= 4 is 0 Å². The average Bonchev–Trinajstić information content (AvgIpc) is 3.10. The summed E-state index contributed by atoms with van der Waals surface area (Å²) < 4.78 is 27.0. The number of ether oxygens (including phenoxy) is 5. The minimum absolute atomic E-state index is 0. The zero-order valence-electron chi connectivity index (χ0n) is 18.3. The second-order valence-corrected chi connectivity index (χ2v) is 8.37. The summed E-state index contributed by atoms with van der Waals surface area (Å²) >= 11 is 0. The van der Waals surface area contributed by atoms with E-state index >= 15 is 0 Å². The van der Waals surface area contributed by atoms with Crippen LogP contribution in [-0.2, 0) is 23.7 Å². The van der Waals surface area contributed by atoms with Crippen molar-refractivity contribution in [1.82, 2.24) is 0 Å². The van der Waals surface area contributed by atoms with Crippen molar-refractivity contribution < 1.29 is 85.3 Å². The van der Waals surface area contributed by atoms with Gasteiger partial charge in [0, 0.05) is 0 Å². The molecule has 0 unspecified atom stereocenters. The molecule has 0 aliphatic carbocycles. The highest BCUT2D eigenvalue weighted by Crippen LogP contribution is 2.39. The van der Waals surface area contributed by atoms with E-state index < -0.39 is 112 Å². The lowest BCUT2D eigenvalue weighted by Crippen LogP contribution is -2.64. The zero-order valence-corrected chi connectivity index (χ0v) is 18.3. The first-order chi connectivity index (χ1) is 16.0. The Hall–Kier alpha value is -0.680. The predicted molar refractivity (Wildman–Crippen MR) is 112 cm³/mol. The van der Waals surface area contributed by atoms with E-state index in [1.54, 1.807) is 0 Å². The Morgan fingerprint density at radius 2 is 1.03 bits per heavy atom. The molecular weight excluding hydrogens is 500 g/mol. The smallest absolute Gasteiger partial charge is 0.224 e. The molecule has 0 amide bonds. The van der Waals surface area contributed by atoms with Gasteiger partial charge in [-0.1, -0.05) is 7.43 Å². The van der Waals surface area contributed by atoms with Gasteiger partial charge in [0.15, 0.2) is 12.6 Å². The van der Waals surface area contributed by atoms with Gasteiger partial charge in [0.2, 0.25) is 5.79 Å². The molecule has 0 aromatic rings. The quantitative estimate of drug-likeness (QED) is 0.137. The van der Waals surface area contributed by atoms with E-state index in [9.17, 15) is 56.2 Å². The fraction of sp³-hybridized carbons (Fsp3) is 1.00. The molecule has 3 rings (SSSR count). The third-order valence-corrected chi connectivity index (χ3v) is 6.17. The predicted octanol–water partition coefficient (Wildman–Crippen LogP) is -7.76. The minimum atomic E-state index is -2.43. The molecule has 36 heavy (non-hydrogen) atoms. The van der Waals surface area contributed by atoms with Gasteiger partial charge >= 0.3 is 0 Å². The maximum absolute atomic E-state index is 10.6. The summed E-state index contributed by atoms with van der Waals surface area (Å²) in [7, 11) is 0. The van der Waals surface area contributed by atoms with Crippen LogP contribution >= 0.6 is 0 Å². The molecule has 3 saturated heterocycles. The van der Waals surface area contributed by atoms with Crippen LogP contribution in [0, 0.1) is 0 Å². The van der Waals surface area contributed by atoms with Crippen molar-refractivity contribution in [2.75, 3.05) is 26.4 Å². The summed E-state index contributed by atoms with van der Waals surface area (Å²) in [6.45, 7) is -3.49. The van der Waals surface area contributed by atoms with Crippen molar-refractivity contribution in [2.45, 2.75) is 92.9 Å². The summed E-state index contributed by atoms with van der Waals surface area (Å²) in [5.41, 5.74) is 0. The van der Waals surface area contributed by atoms with E-state index in [2.05, 4.69) is 0 Å². The second-order valence-electron chi connectivity index (χ2n) is 8.37.